The van der Waals surface area contributed by atoms with Crippen molar-refractivity contribution in [1.82, 2.24) is 4.90 Å². The normalized spacial score (nSPS) is 43.1. The van der Waals surface area contributed by atoms with Crippen LogP contribution in [0.4, 0.5) is 0 Å². The lowest BCUT2D eigenvalue weighted by atomic mass is 9.64. The number of hydrogen-bond donors (Lipinski definition) is 0. The summed E-state index contributed by atoms with van der Waals surface area (Å²) in [6, 6.07) is 0.337. The molecule has 3 fully saturated rings. The van der Waals surface area contributed by atoms with Gasteiger partial charge in [0.25, 0.3) is 0 Å². The maximum Gasteiger partial charge on any atom is 0.230 e. The van der Waals surface area contributed by atoms with Crippen molar-refractivity contribution in [1.29, 1.82) is 0 Å². The van der Waals surface area contributed by atoms with Crippen LogP contribution in [0.2, 0.25) is 0 Å². The predicted octanol–water partition coefficient (Wildman–Crippen LogP) is 3.17. The summed E-state index contributed by atoms with van der Waals surface area (Å²) in [6.07, 6.45) is 5.68. The Morgan fingerprint density at radius 2 is 1.90 bits per heavy atom. The molecule has 20 heavy (non-hydrogen) atoms. The number of piperidine rings is 1. The molecule has 1 amide bonds. The van der Waals surface area contributed by atoms with E-state index in [1.54, 1.807) is 0 Å². The van der Waals surface area contributed by atoms with Crippen LogP contribution in [0.5, 0.6) is 0 Å². The van der Waals surface area contributed by atoms with Gasteiger partial charge in [0.15, 0.2) is 0 Å². The van der Waals surface area contributed by atoms with Crippen molar-refractivity contribution < 1.29 is 9.59 Å². The second kappa shape index (κ2) is 4.08. The third-order valence-electron chi connectivity index (χ3n) is 7.18. The molecule has 0 N–H and O–H groups in total. The van der Waals surface area contributed by atoms with Gasteiger partial charge in [-0.05, 0) is 44.4 Å². The number of ketones is 1. The Balaban J connectivity index is 1.97. The number of amides is 1. The van der Waals surface area contributed by atoms with E-state index in [-0.39, 0.29) is 16.7 Å². The number of nitrogens with zero attached hydrogens (tertiary/aromatic N) is 1. The Hall–Kier alpha value is -0.860. The molecule has 0 aromatic carbocycles. The van der Waals surface area contributed by atoms with Crippen LogP contribution in [-0.2, 0) is 9.59 Å². The molecule has 0 unspecified atom stereocenters. The van der Waals surface area contributed by atoms with E-state index in [2.05, 4.69) is 32.6 Å². The summed E-state index contributed by atoms with van der Waals surface area (Å²) < 4.78 is 0. The highest BCUT2D eigenvalue weighted by molar-refractivity contribution is 5.99. The number of rotatable bonds is 1. The number of carbonyl (C=O) groups excluding carboxylic acids is 2. The van der Waals surface area contributed by atoms with Crippen molar-refractivity contribution in [3.05, 3.63) is 0 Å². The first-order chi connectivity index (χ1) is 9.26. The number of hydrogen-bond acceptors (Lipinski definition) is 2. The third-order valence-corrected chi connectivity index (χ3v) is 7.18. The van der Waals surface area contributed by atoms with E-state index >= 15 is 0 Å². The lowest BCUT2D eigenvalue weighted by Gasteiger charge is -2.44. The molecule has 2 aliphatic carbocycles. The van der Waals surface area contributed by atoms with Crippen LogP contribution in [0, 0.1) is 16.2 Å². The fraction of sp³-hybridized carbons (Fsp3) is 0.882. The molecule has 1 aliphatic heterocycles. The predicted molar refractivity (Wildman–Crippen MR) is 78.2 cm³/mol. The summed E-state index contributed by atoms with van der Waals surface area (Å²) >= 11 is 0. The van der Waals surface area contributed by atoms with Crippen molar-refractivity contribution in [3.63, 3.8) is 0 Å². The maximum atomic E-state index is 13.3. The first-order valence-electron chi connectivity index (χ1n) is 8.11. The van der Waals surface area contributed by atoms with Gasteiger partial charge in [-0.2, -0.15) is 0 Å². The van der Waals surface area contributed by atoms with E-state index in [4.69, 9.17) is 0 Å². The zero-order chi connectivity index (χ0) is 14.8. The quantitative estimate of drug-likeness (QED) is 0.738. The largest absolute Gasteiger partial charge is 0.339 e. The van der Waals surface area contributed by atoms with Crippen LogP contribution in [0.25, 0.3) is 0 Å². The van der Waals surface area contributed by atoms with Gasteiger partial charge in [-0.3, -0.25) is 9.59 Å². The average molecular weight is 277 g/mol. The molecule has 3 heteroatoms. The summed E-state index contributed by atoms with van der Waals surface area (Å²) in [5, 5.41) is 0. The van der Waals surface area contributed by atoms with Crippen LogP contribution in [-0.4, -0.2) is 29.2 Å². The minimum absolute atomic E-state index is 0.203. The van der Waals surface area contributed by atoms with Crippen molar-refractivity contribution in [2.45, 2.75) is 72.3 Å². The Morgan fingerprint density at radius 1 is 1.20 bits per heavy atom. The lowest BCUT2D eigenvalue weighted by molar-refractivity contribution is -0.151. The van der Waals surface area contributed by atoms with Gasteiger partial charge >= 0.3 is 0 Å². The van der Waals surface area contributed by atoms with Crippen molar-refractivity contribution in [2.75, 3.05) is 6.54 Å². The van der Waals surface area contributed by atoms with E-state index < -0.39 is 5.41 Å². The molecule has 0 aromatic rings. The second-order valence-corrected chi connectivity index (χ2v) is 7.98. The van der Waals surface area contributed by atoms with Crippen molar-refractivity contribution in [3.8, 4) is 0 Å². The molecule has 1 saturated heterocycles. The molecule has 3 nitrogen and oxygen atoms in total. The van der Waals surface area contributed by atoms with E-state index in [1.807, 2.05) is 0 Å². The SMILES string of the molecule is C[C@@H]1CCCCN1C(=O)[C@@]12CC[C@](C)(C(=O)C1)C2(C)C. The van der Waals surface area contributed by atoms with E-state index in [9.17, 15) is 9.59 Å². The van der Waals surface area contributed by atoms with Gasteiger partial charge in [0.1, 0.15) is 5.78 Å². The van der Waals surface area contributed by atoms with E-state index in [1.165, 1.54) is 6.42 Å². The zero-order valence-electron chi connectivity index (χ0n) is 13.3. The van der Waals surface area contributed by atoms with Crippen LogP contribution in [0.1, 0.15) is 66.2 Å². The molecule has 3 rings (SSSR count). The Bertz CT molecular complexity index is 470. The van der Waals surface area contributed by atoms with Crippen LogP contribution >= 0.6 is 0 Å². The maximum absolute atomic E-state index is 13.3. The first-order valence-corrected chi connectivity index (χ1v) is 8.11. The van der Waals surface area contributed by atoms with Gasteiger partial charge in [0, 0.05) is 24.4 Å². The second-order valence-electron chi connectivity index (χ2n) is 7.98. The van der Waals surface area contributed by atoms with Crippen LogP contribution in [0.15, 0.2) is 0 Å². The molecule has 2 saturated carbocycles. The monoisotopic (exact) mass is 277 g/mol. The highest BCUT2D eigenvalue weighted by Gasteiger charge is 2.73. The average Bonchev–Trinajstić information content (AvgIpc) is 2.69. The van der Waals surface area contributed by atoms with Gasteiger partial charge in [0.2, 0.25) is 5.91 Å². The van der Waals surface area contributed by atoms with Gasteiger partial charge < -0.3 is 4.90 Å². The summed E-state index contributed by atoms with van der Waals surface area (Å²) in [6.45, 7) is 9.42. The molecule has 3 atom stereocenters. The molecular formula is C17H27NO2. The van der Waals surface area contributed by atoms with E-state index in [0.29, 0.717) is 18.2 Å². The minimum atomic E-state index is -0.426. The van der Waals surface area contributed by atoms with Crippen LogP contribution < -0.4 is 0 Å². The first kappa shape index (κ1) is 14.1. The minimum Gasteiger partial charge on any atom is -0.339 e. The summed E-state index contributed by atoms with van der Waals surface area (Å²) in [5.74, 6) is 0.580. The highest BCUT2D eigenvalue weighted by Crippen LogP contribution is 2.71. The fourth-order valence-electron chi connectivity index (χ4n) is 5.01. The Labute approximate surface area is 122 Å². The van der Waals surface area contributed by atoms with Crippen molar-refractivity contribution >= 4 is 11.7 Å². The summed E-state index contributed by atoms with van der Waals surface area (Å²) in [5.41, 5.74) is -0.919. The molecule has 112 valence electrons. The number of Topliss-reactive ketones (excluding diaryl/α,β-unsaturated/α-hetero) is 1. The van der Waals surface area contributed by atoms with E-state index in [0.717, 1.165) is 32.2 Å². The topological polar surface area (TPSA) is 37.4 Å². The van der Waals surface area contributed by atoms with Gasteiger partial charge in [-0.1, -0.05) is 20.8 Å². The molecule has 1 heterocycles. The Morgan fingerprint density at radius 3 is 2.40 bits per heavy atom. The van der Waals surface area contributed by atoms with Gasteiger partial charge in [-0.25, -0.2) is 0 Å². The molecule has 3 aliphatic rings. The number of likely N-dealkylation sites (tertiary alicyclic amines) is 1. The molecule has 0 spiro atoms. The number of fused-ring (bicyclic) bond motifs is 2. The number of carbonyl (C=O) groups is 2. The van der Waals surface area contributed by atoms with Crippen LogP contribution in [0.3, 0.4) is 0 Å². The zero-order valence-corrected chi connectivity index (χ0v) is 13.3. The lowest BCUT2D eigenvalue weighted by Crippen LogP contribution is -2.52. The standard InChI is InChI=1S/C17H27NO2/c1-12-7-5-6-10-18(12)14(20)17-9-8-16(4,13(19)11-17)15(17,2)3/h12H,5-11H2,1-4H3/t12-,16-,17-/m1/s1. The van der Waals surface area contributed by atoms with Crippen molar-refractivity contribution in [2.24, 2.45) is 16.2 Å². The molecular weight excluding hydrogens is 250 g/mol. The smallest absolute Gasteiger partial charge is 0.230 e. The fourth-order valence-corrected chi connectivity index (χ4v) is 5.01. The third kappa shape index (κ3) is 1.42. The summed E-state index contributed by atoms with van der Waals surface area (Å²) in [7, 11) is 0. The summed E-state index contributed by atoms with van der Waals surface area (Å²) in [4.78, 5) is 27.8. The Kier molecular flexibility index (Phi) is 2.88. The van der Waals surface area contributed by atoms with Gasteiger partial charge in [-0.15, -0.1) is 0 Å². The van der Waals surface area contributed by atoms with Gasteiger partial charge in [0.05, 0.1) is 5.41 Å². The molecule has 0 radical (unpaired) electrons. The molecule has 0 aromatic heterocycles. The highest BCUT2D eigenvalue weighted by atomic mass is 16.2. The molecule has 2 bridgehead atoms.